The Morgan fingerprint density at radius 3 is 2.71 bits per heavy atom. The van der Waals surface area contributed by atoms with Crippen molar-refractivity contribution in [3.05, 3.63) is 11.3 Å². The molecule has 3 aliphatic rings. The molecule has 3 rings (SSSR count). The second kappa shape index (κ2) is 5.30. The predicted molar refractivity (Wildman–Crippen MR) is 77.7 cm³/mol. The molecule has 6 nitrogen and oxygen atoms in total. The van der Waals surface area contributed by atoms with Gasteiger partial charge in [-0.25, -0.2) is 0 Å². The minimum atomic E-state index is -1.25. The molecule has 0 aromatic carbocycles. The number of thioether (sulfide) groups is 1. The topological polar surface area (TPSA) is 86.5 Å². The number of nitrogens with zero attached hydrogens (tertiary/aromatic N) is 2. The molecule has 116 valence electrons. The number of fused-ring (bicyclic) bond motifs is 1. The summed E-state index contributed by atoms with van der Waals surface area (Å²) in [5.41, 5.74) is 6.64. The van der Waals surface area contributed by atoms with Gasteiger partial charge >= 0.3 is 0 Å². The van der Waals surface area contributed by atoms with Gasteiger partial charge in [0, 0.05) is 11.3 Å². The van der Waals surface area contributed by atoms with E-state index < -0.39 is 12.0 Å². The van der Waals surface area contributed by atoms with Crippen LogP contribution in [-0.2, 0) is 9.59 Å². The van der Waals surface area contributed by atoms with Crippen molar-refractivity contribution >= 4 is 23.6 Å². The number of likely N-dealkylation sites (N-methyl/N-ethyl adjacent to an activating group) is 1. The molecule has 3 heterocycles. The number of amides is 1. The molecule has 7 heteroatoms. The zero-order valence-electron chi connectivity index (χ0n) is 12.2. The Labute approximate surface area is 128 Å². The van der Waals surface area contributed by atoms with Crippen molar-refractivity contribution in [2.24, 2.45) is 5.73 Å². The SMILES string of the molecule is C[N+]1(CC2=C(C(=O)[O-])N3C(=O)C(N)C3SC2)CCCCC1. The fourth-order valence-corrected chi connectivity index (χ4v) is 4.87. The zero-order chi connectivity index (χ0) is 15.2. The number of hydrogen-bond donors (Lipinski definition) is 1. The van der Waals surface area contributed by atoms with Crippen LogP contribution in [0.3, 0.4) is 0 Å². The number of nitrogens with two attached hydrogens (primary N) is 1. The fourth-order valence-electron chi connectivity index (χ4n) is 3.58. The quantitative estimate of drug-likeness (QED) is 0.526. The van der Waals surface area contributed by atoms with E-state index in [0.29, 0.717) is 12.3 Å². The van der Waals surface area contributed by atoms with Crippen molar-refractivity contribution in [2.45, 2.75) is 30.7 Å². The van der Waals surface area contributed by atoms with Crippen LogP contribution >= 0.6 is 11.8 Å². The molecule has 2 fully saturated rings. The molecule has 0 spiro atoms. The van der Waals surface area contributed by atoms with Gasteiger partial charge in [-0.1, -0.05) is 0 Å². The number of β-lactam (4-membered cyclic amide) rings is 1. The van der Waals surface area contributed by atoms with Crippen molar-refractivity contribution in [2.75, 3.05) is 32.4 Å². The van der Waals surface area contributed by atoms with Gasteiger partial charge in [-0.2, -0.15) is 0 Å². The van der Waals surface area contributed by atoms with Gasteiger partial charge in [0.25, 0.3) is 0 Å². The lowest BCUT2D eigenvalue weighted by molar-refractivity contribution is -0.909. The highest BCUT2D eigenvalue weighted by Gasteiger charge is 2.50. The van der Waals surface area contributed by atoms with Gasteiger partial charge in [0.2, 0.25) is 5.91 Å². The van der Waals surface area contributed by atoms with Crippen molar-refractivity contribution in [3.8, 4) is 0 Å². The minimum Gasteiger partial charge on any atom is -0.543 e. The van der Waals surface area contributed by atoms with E-state index in [4.69, 9.17) is 5.73 Å². The first-order valence-corrected chi connectivity index (χ1v) is 8.45. The fraction of sp³-hybridized carbons (Fsp3) is 0.714. The molecule has 2 N–H and O–H groups in total. The number of carboxylic acids is 1. The Morgan fingerprint density at radius 2 is 2.10 bits per heavy atom. The largest absolute Gasteiger partial charge is 0.543 e. The Bertz CT molecular complexity index is 514. The summed E-state index contributed by atoms with van der Waals surface area (Å²) in [6.07, 6.45) is 3.60. The molecular weight excluding hydrogens is 290 g/mol. The lowest BCUT2D eigenvalue weighted by Gasteiger charge is -2.50. The van der Waals surface area contributed by atoms with Gasteiger partial charge in [0.15, 0.2) is 0 Å². The summed E-state index contributed by atoms with van der Waals surface area (Å²) < 4.78 is 0.853. The lowest BCUT2D eigenvalue weighted by Crippen LogP contribution is -2.69. The highest BCUT2D eigenvalue weighted by molar-refractivity contribution is 8.00. The molecule has 0 aliphatic carbocycles. The molecule has 2 saturated heterocycles. The number of likely N-dealkylation sites (tertiary alicyclic amines) is 1. The first kappa shape index (κ1) is 14.9. The third-order valence-corrected chi connectivity index (χ3v) is 6.11. The number of carbonyl (C=O) groups excluding carboxylic acids is 2. The molecular formula is C14H21N3O3S. The third-order valence-electron chi connectivity index (χ3n) is 4.75. The molecule has 0 aromatic heterocycles. The van der Waals surface area contributed by atoms with Crippen LogP contribution < -0.4 is 10.8 Å². The van der Waals surface area contributed by atoms with Gasteiger partial charge in [-0.05, 0) is 19.3 Å². The van der Waals surface area contributed by atoms with E-state index in [0.717, 1.165) is 23.1 Å². The number of piperidine rings is 1. The molecule has 1 amide bonds. The zero-order valence-corrected chi connectivity index (χ0v) is 13.0. The summed E-state index contributed by atoms with van der Waals surface area (Å²) >= 11 is 1.56. The van der Waals surface area contributed by atoms with E-state index in [1.807, 2.05) is 0 Å². The van der Waals surface area contributed by atoms with Crippen molar-refractivity contribution < 1.29 is 19.2 Å². The molecule has 0 radical (unpaired) electrons. The van der Waals surface area contributed by atoms with Crippen molar-refractivity contribution in [3.63, 3.8) is 0 Å². The van der Waals surface area contributed by atoms with Crippen LogP contribution in [0.25, 0.3) is 0 Å². The van der Waals surface area contributed by atoms with E-state index in [1.54, 1.807) is 11.8 Å². The summed E-state index contributed by atoms with van der Waals surface area (Å²) in [7, 11) is 2.17. The van der Waals surface area contributed by atoms with Gasteiger partial charge < -0.3 is 20.1 Å². The second-order valence-electron chi connectivity index (χ2n) is 6.46. The van der Waals surface area contributed by atoms with Crippen LogP contribution in [0.5, 0.6) is 0 Å². The van der Waals surface area contributed by atoms with Crippen LogP contribution in [-0.4, -0.2) is 65.1 Å². The molecule has 3 aliphatic heterocycles. The molecule has 0 saturated carbocycles. The Balaban J connectivity index is 1.87. The first-order valence-electron chi connectivity index (χ1n) is 7.40. The lowest BCUT2D eigenvalue weighted by atomic mass is 10.0. The number of rotatable bonds is 3. The maximum Gasteiger partial charge on any atom is 0.248 e. The van der Waals surface area contributed by atoms with Crippen LogP contribution in [0.4, 0.5) is 0 Å². The predicted octanol–water partition coefficient (Wildman–Crippen LogP) is -1.14. The molecule has 0 aromatic rings. The number of carboxylic acid groups (broad SMARTS) is 1. The average molecular weight is 311 g/mol. The van der Waals surface area contributed by atoms with Crippen molar-refractivity contribution in [1.82, 2.24) is 4.90 Å². The van der Waals surface area contributed by atoms with Gasteiger partial charge in [0.1, 0.15) is 18.0 Å². The van der Waals surface area contributed by atoms with Crippen LogP contribution in [0.15, 0.2) is 11.3 Å². The first-order chi connectivity index (χ1) is 9.93. The monoisotopic (exact) mass is 311 g/mol. The highest BCUT2D eigenvalue weighted by Crippen LogP contribution is 2.39. The van der Waals surface area contributed by atoms with E-state index in [-0.39, 0.29) is 17.0 Å². The highest BCUT2D eigenvalue weighted by atomic mass is 32.2. The second-order valence-corrected chi connectivity index (χ2v) is 7.57. The normalized spacial score (nSPS) is 31.7. The Hall–Kier alpha value is -1.05. The maximum atomic E-state index is 11.9. The van der Waals surface area contributed by atoms with E-state index in [1.165, 1.54) is 24.2 Å². The standard InChI is InChI=1S/C14H21N3O3S/c1-17(5-3-2-4-6-17)7-9-8-21-13-10(15)12(18)16(13)11(9)14(19)20/h10,13H,2-8,15H2,1H3. The number of aliphatic carboxylic acids is 1. The Kier molecular flexibility index (Phi) is 3.75. The van der Waals surface area contributed by atoms with Crippen LogP contribution in [0, 0.1) is 0 Å². The molecule has 21 heavy (non-hydrogen) atoms. The number of carbonyl (C=O) groups is 2. The van der Waals surface area contributed by atoms with Gasteiger partial charge in [0.05, 0.1) is 31.8 Å². The Morgan fingerprint density at radius 1 is 1.43 bits per heavy atom. The van der Waals surface area contributed by atoms with E-state index >= 15 is 0 Å². The van der Waals surface area contributed by atoms with Crippen LogP contribution in [0.2, 0.25) is 0 Å². The molecule has 0 bridgehead atoms. The summed E-state index contributed by atoms with van der Waals surface area (Å²) in [5, 5.41) is 11.3. The summed E-state index contributed by atoms with van der Waals surface area (Å²) in [6, 6.07) is -0.578. The third kappa shape index (κ3) is 2.47. The smallest absolute Gasteiger partial charge is 0.248 e. The van der Waals surface area contributed by atoms with Crippen LogP contribution in [0.1, 0.15) is 19.3 Å². The number of hydrogen-bond acceptors (Lipinski definition) is 5. The number of quaternary nitrogens is 1. The summed E-state index contributed by atoms with van der Waals surface area (Å²) in [4.78, 5) is 24.8. The summed E-state index contributed by atoms with van der Waals surface area (Å²) in [6.45, 7) is 2.80. The van der Waals surface area contributed by atoms with Gasteiger partial charge in [-0.15, -0.1) is 11.8 Å². The van der Waals surface area contributed by atoms with Crippen molar-refractivity contribution in [1.29, 1.82) is 0 Å². The molecule has 2 unspecified atom stereocenters. The average Bonchev–Trinajstić information content (AvgIpc) is 2.46. The maximum absolute atomic E-state index is 11.9. The minimum absolute atomic E-state index is 0.0790. The van der Waals surface area contributed by atoms with E-state index in [2.05, 4.69) is 7.05 Å². The molecule has 2 atom stereocenters. The van der Waals surface area contributed by atoms with E-state index in [9.17, 15) is 14.7 Å². The van der Waals surface area contributed by atoms with Gasteiger partial charge in [-0.3, -0.25) is 9.69 Å². The summed E-state index contributed by atoms with van der Waals surface area (Å²) in [5.74, 6) is -0.927.